The molecule has 0 spiro atoms. The monoisotopic (exact) mass is 756 g/mol. The van der Waals surface area contributed by atoms with Crippen LogP contribution in [0, 0.1) is 11.8 Å². The van der Waals surface area contributed by atoms with Crippen LogP contribution in [0.4, 0.5) is 9.59 Å². The van der Waals surface area contributed by atoms with Gasteiger partial charge in [0.2, 0.25) is 11.8 Å². The smallest absolute Gasteiger partial charge is 0.410 e. The van der Waals surface area contributed by atoms with E-state index in [0.29, 0.717) is 19.1 Å². The molecule has 5 aliphatic heterocycles. The number of hydrogen-bond donors (Lipinski definition) is 0. The molecule has 4 fully saturated rings. The van der Waals surface area contributed by atoms with Crippen molar-refractivity contribution in [2.75, 3.05) is 13.1 Å². The highest BCUT2D eigenvalue weighted by Gasteiger charge is 2.50. The molecule has 14 heteroatoms. The van der Waals surface area contributed by atoms with Gasteiger partial charge in [-0.3, -0.25) is 19.4 Å². The van der Waals surface area contributed by atoms with E-state index >= 15 is 0 Å². The molecule has 0 aromatic rings. The van der Waals surface area contributed by atoms with E-state index in [1.165, 1.54) is 0 Å². The average molecular weight is 757 g/mol. The Morgan fingerprint density at radius 1 is 0.759 bits per heavy atom. The Bertz CT molecular complexity index is 1420. The topological polar surface area (TPSA) is 168 Å². The molecule has 0 aromatic carbocycles. The number of carbonyl (C=O) groups is 4. The van der Waals surface area contributed by atoms with Crippen molar-refractivity contribution in [3.05, 3.63) is 37.5 Å². The number of rotatable bonds is 5. The second-order valence-corrected chi connectivity index (χ2v) is 16.1. The molecule has 8 atom stereocenters. The fourth-order valence-corrected chi connectivity index (χ4v) is 8.07. The zero-order valence-electron chi connectivity index (χ0n) is 33.3. The fraction of sp³-hybridized carbons (Fsp3) is 0.700. The number of hydrogen-bond acceptors (Lipinski definition) is 10. The van der Waals surface area contributed by atoms with Crippen LogP contribution in [0.1, 0.15) is 107 Å². The molecule has 5 rings (SSSR count). The van der Waals surface area contributed by atoms with Crippen LogP contribution in [-0.2, 0) is 38.2 Å². The zero-order valence-corrected chi connectivity index (χ0v) is 33.3. The van der Waals surface area contributed by atoms with Crippen molar-refractivity contribution in [2.45, 2.75) is 154 Å². The van der Waals surface area contributed by atoms with Gasteiger partial charge in [0.15, 0.2) is 0 Å². The van der Waals surface area contributed by atoms with Gasteiger partial charge in [0.1, 0.15) is 23.3 Å². The van der Waals surface area contributed by atoms with Gasteiger partial charge in [0.25, 0.3) is 0 Å². The Morgan fingerprint density at radius 2 is 1.28 bits per heavy atom. The highest BCUT2D eigenvalue weighted by atomic mass is 16.6. The summed E-state index contributed by atoms with van der Waals surface area (Å²) >= 11 is 0. The molecule has 14 nitrogen and oxygen atoms in total. The van der Waals surface area contributed by atoms with E-state index < -0.39 is 29.4 Å². The number of likely N-dealkylation sites (tertiary alicyclic amines) is 3. The van der Waals surface area contributed by atoms with Crippen molar-refractivity contribution in [1.82, 2.24) is 19.6 Å². The molecule has 4 unspecified atom stereocenters. The van der Waals surface area contributed by atoms with Crippen LogP contribution in [-0.4, -0.2) is 116 Å². The molecule has 0 N–H and O–H groups in total. The third-order valence-electron chi connectivity index (χ3n) is 10.4. The van der Waals surface area contributed by atoms with Gasteiger partial charge >= 0.3 is 24.5 Å². The van der Waals surface area contributed by atoms with Gasteiger partial charge in [0.05, 0.1) is 12.1 Å². The Balaban J connectivity index is 0.000000327. The molecule has 0 saturated carbocycles. The van der Waals surface area contributed by atoms with Gasteiger partial charge in [-0.1, -0.05) is 38.2 Å². The maximum atomic E-state index is 13.4. The predicted molar refractivity (Wildman–Crippen MR) is 197 cm³/mol. The van der Waals surface area contributed by atoms with Gasteiger partial charge in [0, 0.05) is 37.0 Å². The first-order chi connectivity index (χ1) is 25.4. The van der Waals surface area contributed by atoms with Crippen LogP contribution in [0.25, 0.3) is 0 Å². The molecule has 0 aliphatic carbocycles. The number of fused-ring (bicyclic) bond motifs is 2. The standard InChI is InChI=1S/C20H32N2O3.C18H28N2O3.2CO2/c1-7-14-12-13-21(19(24)25-20(4,5)6)17(14)18(23)22-15(8-2)10-11-16(22)9-3;1-5-13-8-9-14-7-6-12-10-11-19(15(12)16(21)20(13)14)17(22)23-18(2,3)4;2*2-1-3/h7-8,14-17H,1-2,9-13H2,3-6H3;6-7,12-15H,5,8-11H2,1-4H3;;/t14-,15?,16+,17?;12-,13+,14?,15?;;/m00../s1. The summed E-state index contributed by atoms with van der Waals surface area (Å²) in [5.41, 5.74) is -1.12. The van der Waals surface area contributed by atoms with E-state index in [-0.39, 0.29) is 60.2 Å². The average Bonchev–Trinajstić information content (AvgIpc) is 3.88. The summed E-state index contributed by atoms with van der Waals surface area (Å²) in [5.74, 6) is 0.196. The lowest BCUT2D eigenvalue weighted by atomic mass is 9.98. The molecule has 0 aromatic heterocycles. The maximum Gasteiger partial charge on any atom is 0.410 e. The maximum absolute atomic E-state index is 13.4. The van der Waals surface area contributed by atoms with Crippen LogP contribution in [0.2, 0.25) is 0 Å². The van der Waals surface area contributed by atoms with E-state index in [9.17, 15) is 19.2 Å². The van der Waals surface area contributed by atoms with Gasteiger partial charge in [-0.25, -0.2) is 9.59 Å². The first kappa shape index (κ1) is 45.6. The largest absolute Gasteiger partial charge is 0.444 e. The molecule has 0 bridgehead atoms. The number of nitrogens with zero attached hydrogens (tertiary/aromatic N) is 4. The van der Waals surface area contributed by atoms with Crippen LogP contribution >= 0.6 is 0 Å². The SMILES string of the molecule is C=CC1CC[C@@H](CC)N1C(=O)C1[C@@H](C=C)CCN1C(=O)OC(C)(C)C.CC[C@@H]1CCC2C=C[C@H]3CCN(C(=O)OC(C)(C)C)C3C(=O)N21.O=C=O.O=C=O. The lowest BCUT2D eigenvalue weighted by Crippen LogP contribution is -2.53. The van der Waals surface area contributed by atoms with Crippen molar-refractivity contribution in [2.24, 2.45) is 11.8 Å². The summed E-state index contributed by atoms with van der Waals surface area (Å²) in [4.78, 5) is 91.5. The summed E-state index contributed by atoms with van der Waals surface area (Å²) in [6.45, 7) is 24.2. The van der Waals surface area contributed by atoms with Gasteiger partial charge in [-0.15, -0.1) is 13.2 Å². The molecule has 5 heterocycles. The molecule has 54 heavy (non-hydrogen) atoms. The molecule has 0 radical (unpaired) electrons. The first-order valence-electron chi connectivity index (χ1n) is 18.9. The summed E-state index contributed by atoms with van der Waals surface area (Å²) < 4.78 is 11.0. The normalized spacial score (nSPS) is 28.3. The Kier molecular flexibility index (Phi) is 17.1. The highest BCUT2D eigenvalue weighted by Crippen LogP contribution is 2.38. The molecule has 300 valence electrons. The van der Waals surface area contributed by atoms with E-state index in [2.05, 4.69) is 39.2 Å². The van der Waals surface area contributed by atoms with E-state index in [1.54, 1.807) is 15.9 Å². The predicted octanol–water partition coefficient (Wildman–Crippen LogP) is 5.54. The van der Waals surface area contributed by atoms with Crippen molar-refractivity contribution in [3.63, 3.8) is 0 Å². The second kappa shape index (κ2) is 20.2. The summed E-state index contributed by atoms with van der Waals surface area (Å²) in [5, 5.41) is 0. The third kappa shape index (κ3) is 11.5. The van der Waals surface area contributed by atoms with Crippen molar-refractivity contribution in [3.8, 4) is 0 Å². The zero-order chi connectivity index (χ0) is 41.0. The molecular weight excluding hydrogens is 696 g/mol. The third-order valence-corrected chi connectivity index (χ3v) is 10.4. The Hall–Kier alpha value is -4.54. The molecular formula is C40H60N4O10. The summed E-state index contributed by atoms with van der Waals surface area (Å²) in [7, 11) is 0. The number of carbonyl (C=O) groups excluding carboxylic acids is 8. The van der Waals surface area contributed by atoms with Crippen LogP contribution in [0.15, 0.2) is 37.5 Å². The molecule has 5 aliphatic rings. The lowest BCUT2D eigenvalue weighted by molar-refractivity contribution is -0.193. The summed E-state index contributed by atoms with van der Waals surface area (Å²) in [6, 6.07) is -0.151. The quantitative estimate of drug-likeness (QED) is 0.325. The lowest BCUT2D eigenvalue weighted by Gasteiger charge is -2.36. The second-order valence-electron chi connectivity index (χ2n) is 16.1. The number of amides is 4. The van der Waals surface area contributed by atoms with Gasteiger partial charge in [-0.2, -0.15) is 19.2 Å². The van der Waals surface area contributed by atoms with Gasteiger partial charge < -0.3 is 19.3 Å². The van der Waals surface area contributed by atoms with Crippen molar-refractivity contribution < 1.29 is 47.8 Å². The Morgan fingerprint density at radius 3 is 1.78 bits per heavy atom. The van der Waals surface area contributed by atoms with Crippen molar-refractivity contribution in [1.29, 1.82) is 0 Å². The van der Waals surface area contributed by atoms with Crippen LogP contribution in [0.5, 0.6) is 0 Å². The highest BCUT2D eigenvalue weighted by molar-refractivity contribution is 5.89. The first-order valence-corrected chi connectivity index (χ1v) is 18.9. The van der Waals surface area contributed by atoms with Crippen molar-refractivity contribution >= 4 is 36.3 Å². The van der Waals surface area contributed by atoms with Gasteiger partial charge in [-0.05, 0) is 92.9 Å². The van der Waals surface area contributed by atoms with Crippen LogP contribution < -0.4 is 0 Å². The van der Waals surface area contributed by atoms with E-state index in [0.717, 1.165) is 51.4 Å². The fourth-order valence-electron chi connectivity index (χ4n) is 8.07. The van der Waals surface area contributed by atoms with E-state index in [4.69, 9.17) is 28.7 Å². The Labute approximate surface area is 319 Å². The van der Waals surface area contributed by atoms with E-state index in [1.807, 2.05) is 57.4 Å². The molecule has 4 amide bonds. The number of ether oxygens (including phenoxy) is 2. The minimum Gasteiger partial charge on any atom is -0.444 e. The summed E-state index contributed by atoms with van der Waals surface area (Å²) in [6.07, 6.45) is 15.2. The van der Waals surface area contributed by atoms with Crippen LogP contribution in [0.3, 0.4) is 0 Å². The minimum absolute atomic E-state index is 0.00232. The minimum atomic E-state index is -0.583. The molecule has 4 saturated heterocycles.